The highest BCUT2D eigenvalue weighted by atomic mass is 32.2. The molecule has 0 amide bonds. The number of hydrogen-bond donors (Lipinski definition) is 0. The largest absolute Gasteiger partial charge is 0.310 e. The lowest BCUT2D eigenvalue weighted by molar-refractivity contribution is 1.29. The summed E-state index contributed by atoms with van der Waals surface area (Å²) in [4.78, 5) is 4.76. The lowest BCUT2D eigenvalue weighted by Crippen LogP contribution is -2.09. The van der Waals surface area contributed by atoms with E-state index in [-0.39, 0.29) is 0 Å². The maximum atomic E-state index is 2.40. The number of para-hydroxylation sites is 2. The van der Waals surface area contributed by atoms with Crippen molar-refractivity contribution >= 4 is 108 Å². The van der Waals surface area contributed by atoms with Gasteiger partial charge >= 0.3 is 0 Å². The van der Waals surface area contributed by atoms with E-state index in [0.717, 1.165) is 34.1 Å². The maximum Gasteiger partial charge on any atom is 0.0890 e. The molecule has 2 aromatic heterocycles. The third-order valence-electron chi connectivity index (χ3n) is 9.60. The number of anilines is 6. The summed E-state index contributed by atoms with van der Waals surface area (Å²) in [6.07, 6.45) is 0. The molecule has 0 fully saturated rings. The number of benzene rings is 8. The van der Waals surface area contributed by atoms with Gasteiger partial charge in [-0.3, -0.25) is 0 Å². The molecule has 0 unspecified atom stereocenters. The molecule has 10 aromatic rings. The molecule has 236 valence electrons. The van der Waals surface area contributed by atoms with Crippen molar-refractivity contribution in [3.8, 4) is 0 Å². The van der Waals surface area contributed by atoms with Gasteiger partial charge in [0.2, 0.25) is 0 Å². The van der Waals surface area contributed by atoms with E-state index in [0.29, 0.717) is 0 Å². The maximum absolute atomic E-state index is 2.40. The van der Waals surface area contributed by atoms with Crippen LogP contribution < -0.4 is 9.80 Å². The topological polar surface area (TPSA) is 6.48 Å². The smallest absolute Gasteiger partial charge is 0.0890 e. The monoisotopic (exact) mass is 674 g/mol. The zero-order valence-corrected chi connectivity index (χ0v) is 28.7. The van der Waals surface area contributed by atoms with Gasteiger partial charge in [-0.25, -0.2) is 0 Å². The standard InChI is InChI=1S/C46H30N2S2/c1-3-15-35(16-4-1)47(37-21-19-31-11-7-9-13-33(31)27-37)39-23-25-43-41(29-39)45-42-30-40(24-26-44(42)50-46(45)49-43)48(36-17-5-2-6-18-36)38-22-20-32-12-8-10-14-34(32)28-38/h1-30H. The van der Waals surface area contributed by atoms with Crippen LogP contribution in [0.15, 0.2) is 182 Å². The molecule has 0 bridgehead atoms. The molecule has 0 aliphatic carbocycles. The number of rotatable bonds is 6. The lowest BCUT2D eigenvalue weighted by Gasteiger charge is -2.26. The zero-order chi connectivity index (χ0) is 33.0. The van der Waals surface area contributed by atoms with Crippen LogP contribution in [-0.2, 0) is 0 Å². The number of fused-ring (bicyclic) bond motifs is 7. The average Bonchev–Trinajstić information content (AvgIpc) is 3.72. The minimum atomic E-state index is 1.14. The molecule has 0 radical (unpaired) electrons. The van der Waals surface area contributed by atoms with Crippen molar-refractivity contribution < 1.29 is 0 Å². The van der Waals surface area contributed by atoms with Gasteiger partial charge in [0.1, 0.15) is 0 Å². The zero-order valence-electron chi connectivity index (χ0n) is 27.0. The molecule has 10 rings (SSSR count). The van der Waals surface area contributed by atoms with E-state index >= 15 is 0 Å². The SMILES string of the molecule is c1ccc(N(c2ccc3ccccc3c2)c2ccc3sc4sc5ccc(N(c6ccccc6)c6ccc7ccccc7c6)cc5c4c3c2)cc1. The van der Waals surface area contributed by atoms with Crippen LogP contribution in [0.5, 0.6) is 0 Å². The number of thiophene rings is 2. The Morgan fingerprint density at radius 1 is 0.300 bits per heavy atom. The molecule has 0 saturated carbocycles. The van der Waals surface area contributed by atoms with Crippen LogP contribution in [0, 0.1) is 0 Å². The van der Waals surface area contributed by atoms with E-state index in [2.05, 4.69) is 192 Å². The Morgan fingerprint density at radius 3 is 1.14 bits per heavy atom. The van der Waals surface area contributed by atoms with Crippen molar-refractivity contribution in [1.82, 2.24) is 0 Å². The highest BCUT2D eigenvalue weighted by Crippen LogP contribution is 2.48. The van der Waals surface area contributed by atoms with Crippen LogP contribution in [0.3, 0.4) is 0 Å². The summed E-state index contributed by atoms with van der Waals surface area (Å²) in [5.74, 6) is 0. The van der Waals surface area contributed by atoms with Gasteiger partial charge < -0.3 is 9.80 Å². The molecule has 0 aliphatic rings. The summed E-state index contributed by atoms with van der Waals surface area (Å²) >= 11 is 3.79. The minimum absolute atomic E-state index is 1.14. The van der Waals surface area contributed by atoms with E-state index in [9.17, 15) is 0 Å². The predicted octanol–water partition coefficient (Wildman–Crippen LogP) is 14.5. The summed E-state index contributed by atoms with van der Waals surface area (Å²) in [5, 5.41) is 8.88. The van der Waals surface area contributed by atoms with Crippen LogP contribution in [-0.4, -0.2) is 0 Å². The summed E-state index contributed by atoms with van der Waals surface area (Å²) in [6, 6.07) is 66.1. The molecule has 8 aromatic carbocycles. The van der Waals surface area contributed by atoms with Gasteiger partial charge in [0.05, 0.1) is 4.01 Å². The first-order valence-corrected chi connectivity index (χ1v) is 18.5. The molecule has 50 heavy (non-hydrogen) atoms. The first-order valence-electron chi connectivity index (χ1n) is 16.8. The molecular formula is C46H30N2S2. The second-order valence-corrected chi connectivity index (χ2v) is 15.0. The third-order valence-corrected chi connectivity index (χ3v) is 12.0. The fourth-order valence-corrected chi connectivity index (χ4v) is 9.81. The van der Waals surface area contributed by atoms with E-state index in [1.54, 1.807) is 0 Å². The van der Waals surface area contributed by atoms with Crippen molar-refractivity contribution in [2.75, 3.05) is 9.80 Å². The Balaban J connectivity index is 1.16. The summed E-state index contributed by atoms with van der Waals surface area (Å²) in [5.41, 5.74) is 6.87. The van der Waals surface area contributed by atoms with Crippen molar-refractivity contribution in [2.24, 2.45) is 0 Å². The van der Waals surface area contributed by atoms with Crippen LogP contribution in [0.1, 0.15) is 0 Å². The Bertz CT molecular complexity index is 2640. The molecule has 0 spiro atoms. The van der Waals surface area contributed by atoms with Crippen LogP contribution in [0.4, 0.5) is 34.1 Å². The van der Waals surface area contributed by atoms with Gasteiger partial charge in [0.25, 0.3) is 0 Å². The Kier molecular flexibility index (Phi) is 6.90. The van der Waals surface area contributed by atoms with E-state index in [1.165, 1.54) is 51.1 Å². The van der Waals surface area contributed by atoms with Crippen LogP contribution in [0.25, 0.3) is 51.1 Å². The third kappa shape index (κ3) is 4.92. The van der Waals surface area contributed by atoms with Crippen molar-refractivity contribution in [1.29, 1.82) is 0 Å². The first kappa shape index (κ1) is 29.0. The molecule has 0 N–H and O–H groups in total. The average molecular weight is 675 g/mol. The van der Waals surface area contributed by atoms with E-state index in [1.807, 2.05) is 22.7 Å². The lowest BCUT2D eigenvalue weighted by atomic mass is 10.1. The minimum Gasteiger partial charge on any atom is -0.310 e. The quantitative estimate of drug-likeness (QED) is 0.173. The second kappa shape index (κ2) is 11.9. The summed E-state index contributed by atoms with van der Waals surface area (Å²) in [6.45, 7) is 0. The molecule has 0 atom stereocenters. The van der Waals surface area contributed by atoms with Gasteiger partial charge in [-0.2, -0.15) is 0 Å². The van der Waals surface area contributed by atoms with Crippen molar-refractivity contribution in [3.05, 3.63) is 182 Å². The molecule has 0 aliphatic heterocycles. The fraction of sp³-hybridized carbons (Fsp3) is 0. The van der Waals surface area contributed by atoms with E-state index in [4.69, 9.17) is 0 Å². The highest BCUT2D eigenvalue weighted by molar-refractivity contribution is 7.44. The molecule has 4 heteroatoms. The Labute approximate surface area is 298 Å². The molecule has 2 heterocycles. The second-order valence-electron chi connectivity index (χ2n) is 12.6. The molecule has 2 nitrogen and oxygen atoms in total. The van der Waals surface area contributed by atoms with Gasteiger partial charge in [-0.05, 0) is 106 Å². The highest BCUT2D eigenvalue weighted by Gasteiger charge is 2.19. The van der Waals surface area contributed by atoms with Crippen LogP contribution >= 0.6 is 22.7 Å². The first-order chi connectivity index (χ1) is 24.8. The van der Waals surface area contributed by atoms with Gasteiger partial charge in [0, 0.05) is 59.7 Å². The molecular weight excluding hydrogens is 645 g/mol. The summed E-state index contributed by atoms with van der Waals surface area (Å²) in [7, 11) is 0. The number of hydrogen-bond acceptors (Lipinski definition) is 4. The van der Waals surface area contributed by atoms with Gasteiger partial charge in [0.15, 0.2) is 0 Å². The normalized spacial score (nSPS) is 11.6. The van der Waals surface area contributed by atoms with Crippen molar-refractivity contribution in [2.45, 2.75) is 0 Å². The van der Waals surface area contributed by atoms with E-state index < -0.39 is 0 Å². The summed E-state index contributed by atoms with van der Waals surface area (Å²) < 4.78 is 3.98. The predicted molar refractivity (Wildman–Crippen MR) is 219 cm³/mol. The Morgan fingerprint density at radius 2 is 0.680 bits per heavy atom. The van der Waals surface area contributed by atoms with Gasteiger partial charge in [-0.15, -0.1) is 22.7 Å². The molecule has 0 saturated heterocycles. The van der Waals surface area contributed by atoms with Crippen LogP contribution in [0.2, 0.25) is 0 Å². The van der Waals surface area contributed by atoms with Crippen molar-refractivity contribution in [3.63, 3.8) is 0 Å². The fourth-order valence-electron chi connectivity index (χ4n) is 7.25. The Hall–Kier alpha value is -5.94. The number of nitrogens with zero attached hydrogens (tertiary/aromatic N) is 2. The van der Waals surface area contributed by atoms with Gasteiger partial charge in [-0.1, -0.05) is 97.1 Å².